The Morgan fingerprint density at radius 3 is 2.89 bits per heavy atom. The van der Waals surface area contributed by atoms with Crippen molar-refractivity contribution in [2.75, 3.05) is 13.7 Å². The number of rotatable bonds is 5. The van der Waals surface area contributed by atoms with Gasteiger partial charge in [0.1, 0.15) is 17.2 Å². The maximum atomic E-state index is 12.4. The summed E-state index contributed by atoms with van der Waals surface area (Å²) in [4.78, 5) is 28.7. The molecule has 0 atom stereocenters. The molecule has 3 heterocycles. The van der Waals surface area contributed by atoms with Crippen molar-refractivity contribution >= 4 is 34.6 Å². The highest BCUT2D eigenvalue weighted by atomic mass is 32.1. The second-order valence-electron chi connectivity index (χ2n) is 6.16. The molecular formula is C20H17NO4S2. The lowest BCUT2D eigenvalue weighted by molar-refractivity contribution is -0.133. The zero-order valence-corrected chi connectivity index (χ0v) is 16.3. The van der Waals surface area contributed by atoms with E-state index in [2.05, 4.69) is 0 Å². The van der Waals surface area contributed by atoms with Crippen molar-refractivity contribution in [1.82, 2.24) is 4.90 Å². The Labute approximate surface area is 164 Å². The summed E-state index contributed by atoms with van der Waals surface area (Å²) in [6.07, 6.45) is 0. The zero-order valence-electron chi connectivity index (χ0n) is 14.6. The maximum absolute atomic E-state index is 12.4. The zero-order chi connectivity index (χ0) is 18.8. The lowest BCUT2D eigenvalue weighted by Crippen LogP contribution is -2.30. The van der Waals surface area contributed by atoms with E-state index >= 15 is 0 Å². The molecule has 2 aromatic heterocycles. The molecule has 138 valence electrons. The van der Waals surface area contributed by atoms with Crippen LogP contribution >= 0.6 is 22.7 Å². The van der Waals surface area contributed by atoms with E-state index in [1.165, 1.54) is 11.3 Å². The Balaban J connectivity index is 1.40. The van der Waals surface area contributed by atoms with Crippen LogP contribution in [0.1, 0.15) is 20.1 Å². The number of hydrogen-bond donors (Lipinski definition) is 0. The van der Waals surface area contributed by atoms with Gasteiger partial charge in [-0.15, -0.1) is 22.7 Å². The fourth-order valence-corrected chi connectivity index (χ4v) is 4.68. The van der Waals surface area contributed by atoms with E-state index in [9.17, 15) is 9.59 Å². The van der Waals surface area contributed by atoms with Crippen molar-refractivity contribution in [1.29, 1.82) is 0 Å². The Bertz CT molecular complexity index is 978. The molecule has 3 aromatic rings. The number of carbonyl (C=O) groups is 2. The van der Waals surface area contributed by atoms with Gasteiger partial charge in [0.25, 0.3) is 5.91 Å². The molecule has 0 spiro atoms. The number of amides is 1. The van der Waals surface area contributed by atoms with E-state index in [-0.39, 0.29) is 12.5 Å². The summed E-state index contributed by atoms with van der Waals surface area (Å²) in [7, 11) is 1.70. The fourth-order valence-electron chi connectivity index (χ4n) is 2.83. The number of ether oxygens (including phenoxy) is 2. The van der Waals surface area contributed by atoms with Gasteiger partial charge in [-0.05, 0) is 29.6 Å². The quantitative estimate of drug-likeness (QED) is 0.604. The van der Waals surface area contributed by atoms with Gasteiger partial charge in [0.15, 0.2) is 6.61 Å². The van der Waals surface area contributed by atoms with Crippen LogP contribution in [0.2, 0.25) is 0 Å². The lowest BCUT2D eigenvalue weighted by atomic mass is 10.1. The minimum absolute atomic E-state index is 0.230. The number of nitrogens with zero attached hydrogens (tertiary/aromatic N) is 1. The summed E-state index contributed by atoms with van der Waals surface area (Å²) in [5.74, 6) is 0.105. The summed E-state index contributed by atoms with van der Waals surface area (Å²) >= 11 is 2.96. The Hall–Kier alpha value is -2.64. The van der Waals surface area contributed by atoms with Gasteiger partial charge < -0.3 is 14.4 Å². The highest BCUT2D eigenvalue weighted by molar-refractivity contribution is 7.17. The third kappa shape index (κ3) is 3.74. The molecule has 27 heavy (non-hydrogen) atoms. The SMILES string of the molecule is CN(Cc1cccs1)C(=O)COC(=O)c1cc2c(s1)-c1ccccc1OC2. The summed E-state index contributed by atoms with van der Waals surface area (Å²) in [6, 6.07) is 13.5. The summed E-state index contributed by atoms with van der Waals surface area (Å²) in [5, 5.41) is 1.97. The van der Waals surface area contributed by atoms with Crippen LogP contribution in [0.15, 0.2) is 47.8 Å². The van der Waals surface area contributed by atoms with Crippen LogP contribution in [0.25, 0.3) is 10.4 Å². The molecule has 4 rings (SSSR count). The molecule has 0 saturated heterocycles. The topological polar surface area (TPSA) is 55.8 Å². The lowest BCUT2D eigenvalue weighted by Gasteiger charge is -2.16. The smallest absolute Gasteiger partial charge is 0.348 e. The standard InChI is InChI=1S/C20H17NO4S2/c1-21(10-14-5-4-8-26-14)18(22)12-25-20(23)17-9-13-11-24-16-7-3-2-6-15(16)19(13)27-17/h2-9H,10-12H2,1H3. The molecule has 0 fully saturated rings. The average Bonchev–Trinajstić information content (AvgIpc) is 3.35. The van der Waals surface area contributed by atoms with Crippen LogP contribution in [0.3, 0.4) is 0 Å². The van der Waals surface area contributed by atoms with Crippen molar-refractivity contribution in [3.05, 3.63) is 63.2 Å². The first kappa shape index (κ1) is 17.8. The van der Waals surface area contributed by atoms with Gasteiger partial charge >= 0.3 is 5.97 Å². The highest BCUT2D eigenvalue weighted by Crippen LogP contribution is 2.42. The molecule has 1 aromatic carbocycles. The number of benzene rings is 1. The van der Waals surface area contributed by atoms with Crippen LogP contribution in [-0.4, -0.2) is 30.4 Å². The third-order valence-corrected chi connectivity index (χ3v) is 6.30. The molecule has 0 saturated carbocycles. The highest BCUT2D eigenvalue weighted by Gasteiger charge is 2.23. The monoisotopic (exact) mass is 399 g/mol. The predicted octanol–water partition coefficient (Wildman–Crippen LogP) is 4.18. The van der Waals surface area contributed by atoms with Crippen molar-refractivity contribution in [3.8, 4) is 16.2 Å². The van der Waals surface area contributed by atoms with Gasteiger partial charge in [0.2, 0.25) is 0 Å². The number of likely N-dealkylation sites (N-methyl/N-ethyl adjacent to an activating group) is 1. The molecule has 0 N–H and O–H groups in total. The van der Waals surface area contributed by atoms with Crippen LogP contribution in [0, 0.1) is 0 Å². The van der Waals surface area contributed by atoms with E-state index in [1.807, 2.05) is 41.8 Å². The fraction of sp³-hybridized carbons (Fsp3) is 0.200. The van der Waals surface area contributed by atoms with E-state index < -0.39 is 5.97 Å². The van der Waals surface area contributed by atoms with Gasteiger partial charge in [-0.2, -0.15) is 0 Å². The molecule has 1 aliphatic heterocycles. The molecule has 7 heteroatoms. The van der Waals surface area contributed by atoms with Crippen molar-refractivity contribution in [2.45, 2.75) is 13.2 Å². The molecule has 1 aliphatic rings. The van der Waals surface area contributed by atoms with Gasteiger partial charge in [0, 0.05) is 27.9 Å². The maximum Gasteiger partial charge on any atom is 0.348 e. The summed E-state index contributed by atoms with van der Waals surface area (Å²) < 4.78 is 11.0. The van der Waals surface area contributed by atoms with Crippen LogP contribution in [-0.2, 0) is 22.7 Å². The Morgan fingerprint density at radius 2 is 2.07 bits per heavy atom. The first-order valence-electron chi connectivity index (χ1n) is 8.40. The van der Waals surface area contributed by atoms with Gasteiger partial charge in [-0.3, -0.25) is 4.79 Å². The Kier molecular flexibility index (Phi) is 4.96. The van der Waals surface area contributed by atoms with Crippen LogP contribution in [0.4, 0.5) is 0 Å². The number of fused-ring (bicyclic) bond motifs is 3. The van der Waals surface area contributed by atoms with Crippen molar-refractivity contribution in [3.63, 3.8) is 0 Å². The molecule has 5 nitrogen and oxygen atoms in total. The summed E-state index contributed by atoms with van der Waals surface area (Å²) in [6.45, 7) is 0.671. The second kappa shape index (κ2) is 7.54. The number of thiophene rings is 2. The third-order valence-electron chi connectivity index (χ3n) is 4.25. The van der Waals surface area contributed by atoms with Crippen molar-refractivity contribution < 1.29 is 19.1 Å². The van der Waals surface area contributed by atoms with Crippen LogP contribution < -0.4 is 4.74 Å². The molecule has 0 unspecified atom stereocenters. The number of hydrogen-bond acceptors (Lipinski definition) is 6. The molecule has 0 bridgehead atoms. The van der Waals surface area contributed by atoms with Gasteiger partial charge in [-0.1, -0.05) is 18.2 Å². The second-order valence-corrected chi connectivity index (χ2v) is 8.24. The van der Waals surface area contributed by atoms with Crippen molar-refractivity contribution in [2.24, 2.45) is 0 Å². The number of para-hydroxylation sites is 1. The van der Waals surface area contributed by atoms with E-state index in [4.69, 9.17) is 9.47 Å². The Morgan fingerprint density at radius 1 is 1.22 bits per heavy atom. The minimum atomic E-state index is -0.482. The van der Waals surface area contributed by atoms with E-state index in [0.29, 0.717) is 18.0 Å². The van der Waals surface area contributed by atoms with Crippen LogP contribution in [0.5, 0.6) is 5.75 Å². The van der Waals surface area contributed by atoms with E-state index in [0.717, 1.165) is 26.6 Å². The van der Waals surface area contributed by atoms with Gasteiger partial charge in [0.05, 0.1) is 6.54 Å². The molecule has 0 aliphatic carbocycles. The molecular weight excluding hydrogens is 382 g/mol. The number of esters is 1. The van der Waals surface area contributed by atoms with E-state index in [1.54, 1.807) is 29.4 Å². The average molecular weight is 399 g/mol. The predicted molar refractivity (Wildman–Crippen MR) is 105 cm³/mol. The number of carbonyl (C=O) groups excluding carboxylic acids is 2. The first-order chi connectivity index (χ1) is 13.1. The largest absolute Gasteiger partial charge is 0.488 e. The molecule has 0 radical (unpaired) electrons. The molecule has 1 amide bonds. The van der Waals surface area contributed by atoms with Gasteiger partial charge in [-0.25, -0.2) is 4.79 Å². The summed E-state index contributed by atoms with van der Waals surface area (Å²) in [5.41, 5.74) is 1.95. The normalized spacial score (nSPS) is 11.9. The minimum Gasteiger partial charge on any atom is -0.488 e. The first-order valence-corrected chi connectivity index (χ1v) is 10.1.